The van der Waals surface area contributed by atoms with Gasteiger partial charge in [-0.1, -0.05) is 12.1 Å². The molecule has 0 fully saturated rings. The van der Waals surface area contributed by atoms with Crippen LogP contribution in [0.15, 0.2) is 24.3 Å². The SMILES string of the molecule is CN(C)CCCNC(=O)CN1C(=O)c2ccccc2C1=O. The first-order valence-corrected chi connectivity index (χ1v) is 6.87. The largest absolute Gasteiger partial charge is 0.354 e. The Morgan fingerprint density at radius 1 is 1.14 bits per heavy atom. The summed E-state index contributed by atoms with van der Waals surface area (Å²) in [5, 5.41) is 2.72. The average molecular weight is 289 g/mol. The molecule has 6 heteroatoms. The minimum atomic E-state index is -0.404. The number of hydrogen-bond acceptors (Lipinski definition) is 4. The van der Waals surface area contributed by atoms with Gasteiger partial charge in [0.2, 0.25) is 5.91 Å². The van der Waals surface area contributed by atoms with E-state index in [9.17, 15) is 14.4 Å². The minimum absolute atomic E-state index is 0.228. The van der Waals surface area contributed by atoms with Gasteiger partial charge in [-0.05, 0) is 39.2 Å². The van der Waals surface area contributed by atoms with Crippen molar-refractivity contribution >= 4 is 17.7 Å². The van der Waals surface area contributed by atoms with Gasteiger partial charge in [0, 0.05) is 6.54 Å². The molecule has 6 nitrogen and oxygen atoms in total. The summed E-state index contributed by atoms with van der Waals surface area (Å²) in [6.45, 7) is 1.17. The molecule has 3 amide bonds. The first-order chi connectivity index (χ1) is 10.0. The highest BCUT2D eigenvalue weighted by Gasteiger charge is 2.36. The monoisotopic (exact) mass is 289 g/mol. The van der Waals surface area contributed by atoms with E-state index in [2.05, 4.69) is 5.32 Å². The number of carbonyl (C=O) groups excluding carboxylic acids is 3. The van der Waals surface area contributed by atoms with Crippen LogP contribution in [0.4, 0.5) is 0 Å². The van der Waals surface area contributed by atoms with E-state index in [4.69, 9.17) is 0 Å². The summed E-state index contributed by atoms with van der Waals surface area (Å²) in [6, 6.07) is 6.61. The summed E-state index contributed by atoms with van der Waals surface area (Å²) >= 11 is 0. The molecule has 1 aliphatic rings. The standard InChI is InChI=1S/C15H19N3O3/c1-17(2)9-5-8-16-13(19)10-18-14(20)11-6-3-4-7-12(11)15(18)21/h3-4,6-7H,5,8-10H2,1-2H3,(H,16,19). The number of rotatable bonds is 6. The molecule has 0 saturated carbocycles. The summed E-state index contributed by atoms with van der Waals surface area (Å²) in [6.07, 6.45) is 0.820. The second-order valence-electron chi connectivity index (χ2n) is 5.25. The maximum atomic E-state index is 12.1. The highest BCUT2D eigenvalue weighted by Crippen LogP contribution is 2.21. The molecule has 2 rings (SSSR count). The number of benzene rings is 1. The van der Waals surface area contributed by atoms with E-state index in [0.717, 1.165) is 17.9 Å². The fourth-order valence-corrected chi connectivity index (χ4v) is 2.21. The highest BCUT2D eigenvalue weighted by atomic mass is 16.2. The molecule has 1 aliphatic heterocycles. The second kappa shape index (κ2) is 6.49. The Balaban J connectivity index is 1.88. The van der Waals surface area contributed by atoms with Crippen molar-refractivity contribution in [3.63, 3.8) is 0 Å². The summed E-state index contributed by atoms with van der Waals surface area (Å²) in [5.41, 5.74) is 0.728. The van der Waals surface area contributed by atoms with Crippen LogP contribution in [0.5, 0.6) is 0 Å². The van der Waals surface area contributed by atoms with Crippen LogP contribution in [0.1, 0.15) is 27.1 Å². The van der Waals surface area contributed by atoms with Crippen molar-refractivity contribution < 1.29 is 14.4 Å². The van der Waals surface area contributed by atoms with Crippen molar-refractivity contribution in [3.8, 4) is 0 Å². The molecule has 0 spiro atoms. The van der Waals surface area contributed by atoms with Gasteiger partial charge < -0.3 is 10.2 Å². The zero-order valence-electron chi connectivity index (χ0n) is 12.3. The van der Waals surface area contributed by atoms with Gasteiger partial charge in [-0.3, -0.25) is 19.3 Å². The van der Waals surface area contributed by atoms with Crippen molar-refractivity contribution in [2.75, 3.05) is 33.7 Å². The molecular formula is C15H19N3O3. The Morgan fingerprint density at radius 3 is 2.24 bits per heavy atom. The van der Waals surface area contributed by atoms with Crippen LogP contribution in [0.25, 0.3) is 0 Å². The van der Waals surface area contributed by atoms with Crippen LogP contribution < -0.4 is 5.32 Å². The van der Waals surface area contributed by atoms with Crippen molar-refractivity contribution in [3.05, 3.63) is 35.4 Å². The average Bonchev–Trinajstić information content (AvgIpc) is 2.69. The maximum absolute atomic E-state index is 12.1. The number of nitrogens with zero attached hydrogens (tertiary/aromatic N) is 2. The number of nitrogens with one attached hydrogen (secondary N) is 1. The topological polar surface area (TPSA) is 69.7 Å². The van der Waals surface area contributed by atoms with Crippen molar-refractivity contribution in [1.82, 2.24) is 15.1 Å². The molecule has 0 aliphatic carbocycles. The third kappa shape index (κ3) is 3.46. The predicted molar refractivity (Wildman–Crippen MR) is 78.0 cm³/mol. The van der Waals surface area contributed by atoms with Crippen molar-refractivity contribution in [2.24, 2.45) is 0 Å². The van der Waals surface area contributed by atoms with E-state index in [-0.39, 0.29) is 12.5 Å². The molecule has 0 radical (unpaired) electrons. The number of fused-ring (bicyclic) bond motifs is 1. The first-order valence-electron chi connectivity index (χ1n) is 6.87. The first kappa shape index (κ1) is 15.2. The normalized spacial score (nSPS) is 13.8. The quantitative estimate of drug-likeness (QED) is 0.606. The van der Waals surface area contributed by atoms with E-state index < -0.39 is 11.8 Å². The molecule has 21 heavy (non-hydrogen) atoms. The molecule has 0 aromatic heterocycles. The summed E-state index contributed by atoms with van der Waals surface area (Å²) in [4.78, 5) is 39.0. The molecule has 1 aromatic carbocycles. The Morgan fingerprint density at radius 2 is 1.71 bits per heavy atom. The fourth-order valence-electron chi connectivity index (χ4n) is 2.21. The van der Waals surface area contributed by atoms with E-state index in [1.807, 2.05) is 19.0 Å². The van der Waals surface area contributed by atoms with E-state index >= 15 is 0 Å². The minimum Gasteiger partial charge on any atom is -0.354 e. The molecule has 0 bridgehead atoms. The Labute approximate surface area is 123 Å². The number of imide groups is 1. The zero-order chi connectivity index (χ0) is 15.4. The lowest BCUT2D eigenvalue weighted by Gasteiger charge is -2.14. The van der Waals surface area contributed by atoms with E-state index in [0.29, 0.717) is 17.7 Å². The lowest BCUT2D eigenvalue weighted by atomic mass is 10.1. The van der Waals surface area contributed by atoms with Gasteiger partial charge in [0.1, 0.15) is 6.54 Å². The highest BCUT2D eigenvalue weighted by molar-refractivity contribution is 6.22. The van der Waals surface area contributed by atoms with Gasteiger partial charge in [0.25, 0.3) is 11.8 Å². The van der Waals surface area contributed by atoms with Gasteiger partial charge in [0.05, 0.1) is 11.1 Å². The Bertz CT molecular complexity index is 534. The van der Waals surface area contributed by atoms with Gasteiger partial charge in [0.15, 0.2) is 0 Å². The Kier molecular flexibility index (Phi) is 4.70. The van der Waals surface area contributed by atoms with Gasteiger partial charge in [-0.2, -0.15) is 0 Å². The second-order valence-corrected chi connectivity index (χ2v) is 5.25. The smallest absolute Gasteiger partial charge is 0.262 e. The van der Waals surface area contributed by atoms with Crippen LogP contribution in [-0.2, 0) is 4.79 Å². The maximum Gasteiger partial charge on any atom is 0.262 e. The predicted octanol–water partition coefficient (Wildman–Crippen LogP) is 0.351. The molecular weight excluding hydrogens is 270 g/mol. The lowest BCUT2D eigenvalue weighted by molar-refractivity contribution is -0.121. The van der Waals surface area contributed by atoms with E-state index in [1.165, 1.54) is 0 Å². The van der Waals surface area contributed by atoms with Gasteiger partial charge >= 0.3 is 0 Å². The third-order valence-electron chi connectivity index (χ3n) is 3.28. The lowest BCUT2D eigenvalue weighted by Crippen LogP contribution is -2.40. The summed E-state index contributed by atoms with van der Waals surface area (Å²) in [5.74, 6) is -1.12. The van der Waals surface area contributed by atoms with Crippen LogP contribution >= 0.6 is 0 Å². The molecule has 1 aromatic rings. The number of amides is 3. The van der Waals surface area contributed by atoms with Crippen LogP contribution in [0.2, 0.25) is 0 Å². The fraction of sp³-hybridized carbons (Fsp3) is 0.400. The molecule has 0 unspecified atom stereocenters. The van der Waals surface area contributed by atoms with Crippen molar-refractivity contribution in [2.45, 2.75) is 6.42 Å². The van der Waals surface area contributed by atoms with Crippen LogP contribution in [0.3, 0.4) is 0 Å². The number of carbonyl (C=O) groups is 3. The summed E-state index contributed by atoms with van der Waals surface area (Å²) < 4.78 is 0. The van der Waals surface area contributed by atoms with Crippen molar-refractivity contribution in [1.29, 1.82) is 0 Å². The molecule has 112 valence electrons. The zero-order valence-corrected chi connectivity index (χ0v) is 12.3. The summed E-state index contributed by atoms with van der Waals surface area (Å²) in [7, 11) is 3.92. The molecule has 1 heterocycles. The van der Waals surface area contributed by atoms with Crippen LogP contribution in [0, 0.1) is 0 Å². The van der Waals surface area contributed by atoms with Gasteiger partial charge in [-0.25, -0.2) is 0 Å². The molecule has 0 saturated heterocycles. The third-order valence-corrected chi connectivity index (χ3v) is 3.28. The van der Waals surface area contributed by atoms with E-state index in [1.54, 1.807) is 24.3 Å². The van der Waals surface area contributed by atoms with Gasteiger partial charge in [-0.15, -0.1) is 0 Å². The molecule has 1 N–H and O–H groups in total. The molecule has 0 atom stereocenters. The van der Waals surface area contributed by atoms with Crippen LogP contribution in [-0.4, -0.2) is 61.3 Å². The Hall–Kier alpha value is -2.21. The number of hydrogen-bond donors (Lipinski definition) is 1.